The average Bonchev–Trinajstić information content (AvgIpc) is 3.32. The zero-order valence-corrected chi connectivity index (χ0v) is 26.5. The molecule has 0 bridgehead atoms. The highest BCUT2D eigenvalue weighted by Crippen LogP contribution is 2.65. The molecule has 3 aromatic rings. The van der Waals surface area contributed by atoms with E-state index >= 15 is 0 Å². The predicted octanol–water partition coefficient (Wildman–Crippen LogP) is 9.34. The molecule has 226 valence electrons. The smallest absolute Gasteiger partial charge is 0.335 e. The van der Waals surface area contributed by atoms with Gasteiger partial charge in [-0.1, -0.05) is 62.4 Å². The summed E-state index contributed by atoms with van der Waals surface area (Å²) in [7, 11) is 0. The summed E-state index contributed by atoms with van der Waals surface area (Å²) in [6.07, 6.45) is 16.0. The van der Waals surface area contributed by atoms with Crippen molar-refractivity contribution in [1.82, 2.24) is 5.32 Å². The molecule has 2 fully saturated rings. The van der Waals surface area contributed by atoms with E-state index < -0.39 is 5.97 Å². The Hall–Kier alpha value is -3.40. The third kappa shape index (κ3) is 5.43. The van der Waals surface area contributed by atoms with Crippen LogP contribution in [-0.4, -0.2) is 22.5 Å². The Morgan fingerprint density at radius 3 is 2.26 bits per heavy atom. The first-order valence-corrected chi connectivity index (χ1v) is 16.2. The van der Waals surface area contributed by atoms with Crippen molar-refractivity contribution >= 4 is 33.4 Å². The van der Waals surface area contributed by atoms with Gasteiger partial charge < -0.3 is 10.4 Å². The van der Waals surface area contributed by atoms with E-state index in [4.69, 9.17) is 5.11 Å². The average molecular weight is 578 g/mol. The number of allylic oxidation sites excluding steroid dienone is 4. The molecule has 0 radical (unpaired) electrons. The zero-order valence-electron chi connectivity index (χ0n) is 26.5. The highest BCUT2D eigenvalue weighted by Gasteiger charge is 2.59. The van der Waals surface area contributed by atoms with Gasteiger partial charge in [0.2, 0.25) is 5.91 Å². The number of carboxylic acids is 1. The molecule has 7 rings (SSSR count). The van der Waals surface area contributed by atoms with E-state index in [1.54, 1.807) is 17.7 Å². The summed E-state index contributed by atoms with van der Waals surface area (Å²) in [5.74, 6) is 1.94. The molecule has 0 aliphatic heterocycles. The number of carbonyl (C=O) groups is 2. The largest absolute Gasteiger partial charge is 0.478 e. The fourth-order valence-corrected chi connectivity index (χ4v) is 9.26. The molecule has 4 aliphatic carbocycles. The second-order valence-electron chi connectivity index (χ2n) is 15.1. The predicted molar refractivity (Wildman–Crippen MR) is 176 cm³/mol. The lowest BCUT2D eigenvalue weighted by Gasteiger charge is -2.56. The molecule has 0 unspecified atom stereocenters. The van der Waals surface area contributed by atoms with Crippen molar-refractivity contribution in [1.29, 1.82) is 0 Å². The molecular weight excluding hydrogens is 530 g/mol. The van der Waals surface area contributed by atoms with Gasteiger partial charge in [0.25, 0.3) is 0 Å². The van der Waals surface area contributed by atoms with E-state index in [-0.39, 0.29) is 16.9 Å². The number of fused-ring (bicyclic) bond motifs is 7. The number of benzene rings is 3. The molecule has 3 aromatic carbocycles. The lowest BCUT2D eigenvalue weighted by Crippen LogP contribution is -2.52. The minimum Gasteiger partial charge on any atom is -0.478 e. The van der Waals surface area contributed by atoms with Crippen molar-refractivity contribution in [2.24, 2.45) is 34.5 Å². The quantitative estimate of drug-likeness (QED) is 0.298. The summed E-state index contributed by atoms with van der Waals surface area (Å²) in [6.45, 7) is 11.3. The van der Waals surface area contributed by atoms with Crippen molar-refractivity contribution in [2.45, 2.75) is 85.1 Å². The topological polar surface area (TPSA) is 66.4 Å². The molecule has 0 spiro atoms. The van der Waals surface area contributed by atoms with Crippen LogP contribution in [0.15, 0.2) is 78.4 Å². The van der Waals surface area contributed by atoms with Crippen LogP contribution in [0.4, 0.5) is 0 Å². The van der Waals surface area contributed by atoms with Crippen molar-refractivity contribution in [3.63, 3.8) is 0 Å². The van der Waals surface area contributed by atoms with Crippen molar-refractivity contribution < 1.29 is 14.7 Å². The second-order valence-corrected chi connectivity index (χ2v) is 15.1. The molecule has 4 nitrogen and oxygen atoms in total. The van der Waals surface area contributed by atoms with Crippen LogP contribution in [0.25, 0.3) is 21.5 Å². The Bertz CT molecular complexity index is 1630. The molecule has 0 aromatic heterocycles. The number of hydrogen-bond donors (Lipinski definition) is 2. The van der Waals surface area contributed by atoms with Gasteiger partial charge in [0.1, 0.15) is 0 Å². The van der Waals surface area contributed by atoms with Crippen LogP contribution in [0.2, 0.25) is 0 Å². The molecule has 4 aliphatic rings. The minimum atomic E-state index is -0.889. The van der Waals surface area contributed by atoms with Gasteiger partial charge in [0.05, 0.1) is 5.56 Å². The summed E-state index contributed by atoms with van der Waals surface area (Å²) in [5, 5.41) is 16.6. The molecule has 43 heavy (non-hydrogen) atoms. The first-order valence-electron chi connectivity index (χ1n) is 16.2. The third-order valence-electron chi connectivity index (χ3n) is 11.4. The van der Waals surface area contributed by atoms with Gasteiger partial charge in [-0.3, -0.25) is 4.79 Å². The Morgan fingerprint density at radius 2 is 1.56 bits per heavy atom. The summed E-state index contributed by atoms with van der Waals surface area (Å²) in [4.78, 5) is 23.9. The Morgan fingerprint density at radius 1 is 0.860 bits per heavy atom. The highest BCUT2D eigenvalue weighted by molar-refractivity contribution is 6.01. The van der Waals surface area contributed by atoms with E-state index in [0.717, 1.165) is 40.3 Å². The summed E-state index contributed by atoms with van der Waals surface area (Å²) in [6, 6.07) is 17.4. The van der Waals surface area contributed by atoms with Crippen LogP contribution in [-0.2, 0) is 4.79 Å². The monoisotopic (exact) mass is 577 g/mol. The molecule has 0 saturated heterocycles. The normalized spacial score (nSPS) is 31.2. The van der Waals surface area contributed by atoms with Crippen LogP contribution < -0.4 is 5.32 Å². The number of amides is 1. The maximum absolute atomic E-state index is 13.0. The van der Waals surface area contributed by atoms with Crippen molar-refractivity contribution in [3.05, 3.63) is 84.0 Å². The molecule has 0 heterocycles. The van der Waals surface area contributed by atoms with Crippen LogP contribution >= 0.6 is 0 Å². The summed E-state index contributed by atoms with van der Waals surface area (Å²) < 4.78 is 0. The summed E-state index contributed by atoms with van der Waals surface area (Å²) in [5.41, 5.74) is 2.38. The second kappa shape index (κ2) is 10.9. The van der Waals surface area contributed by atoms with Gasteiger partial charge in [0.15, 0.2) is 0 Å². The van der Waals surface area contributed by atoms with E-state index in [0.29, 0.717) is 16.9 Å². The van der Waals surface area contributed by atoms with E-state index in [9.17, 15) is 9.59 Å². The van der Waals surface area contributed by atoms with E-state index in [2.05, 4.69) is 70.3 Å². The molecule has 2 saturated carbocycles. The van der Waals surface area contributed by atoms with Crippen molar-refractivity contribution in [2.75, 3.05) is 0 Å². The maximum Gasteiger partial charge on any atom is 0.335 e. The molecule has 2 N–H and O–H groups in total. The van der Waals surface area contributed by atoms with Crippen molar-refractivity contribution in [3.8, 4) is 0 Å². The zero-order chi connectivity index (χ0) is 30.6. The minimum absolute atomic E-state index is 0.132. The molecular formula is C39H47NO3. The van der Waals surface area contributed by atoms with Crippen LogP contribution in [0.5, 0.6) is 0 Å². The van der Waals surface area contributed by atoms with Gasteiger partial charge >= 0.3 is 5.97 Å². The Labute approximate surface area is 256 Å². The number of aromatic carboxylic acids is 1. The molecule has 1 amide bonds. The summed E-state index contributed by atoms with van der Waals surface area (Å²) >= 11 is 0. The maximum atomic E-state index is 13.0. The fourth-order valence-electron chi connectivity index (χ4n) is 9.26. The van der Waals surface area contributed by atoms with Gasteiger partial charge in [-0.05, 0) is 146 Å². The fraction of sp³-hybridized carbons (Fsp3) is 0.487. The first-order chi connectivity index (χ1) is 20.4. The highest BCUT2D eigenvalue weighted by atomic mass is 16.4. The number of hydrogen-bond acceptors (Lipinski definition) is 2. The number of carbonyl (C=O) groups excluding carboxylic acids is 1. The third-order valence-corrected chi connectivity index (χ3v) is 11.4. The van der Waals surface area contributed by atoms with Crippen LogP contribution in [0.3, 0.4) is 0 Å². The van der Waals surface area contributed by atoms with Gasteiger partial charge in [-0.25, -0.2) is 4.79 Å². The number of rotatable bonds is 2. The van der Waals surface area contributed by atoms with E-state index in [1.165, 1.54) is 43.9 Å². The lowest BCUT2D eigenvalue weighted by molar-refractivity contribution is -0.133. The molecule has 6 atom stereocenters. The number of carboxylic acid groups (broad SMARTS) is 1. The van der Waals surface area contributed by atoms with E-state index in [1.807, 2.05) is 30.3 Å². The Kier molecular flexibility index (Phi) is 7.55. The van der Waals surface area contributed by atoms with Crippen LogP contribution in [0.1, 0.15) is 89.9 Å². The van der Waals surface area contributed by atoms with Gasteiger partial charge in [-0.15, -0.1) is 0 Å². The first kappa shape index (κ1) is 29.7. The van der Waals surface area contributed by atoms with Crippen LogP contribution in [0, 0.1) is 34.5 Å². The number of nitrogens with one attached hydrogen (secondary N) is 1. The SMILES string of the molecule is CC(C)(C)NC(=O)[C@H]1CC[C@H]2[C@@H]3CC=C4C=CCC[C@]4(C)[C@H]3CC[C@]12C.O=C(O)c1ccc2cc3ccccc3cc2c1. The lowest BCUT2D eigenvalue weighted by atomic mass is 9.48. The molecule has 4 heteroatoms. The Balaban J connectivity index is 0.000000167. The standard InChI is InChI=1S/C24H37NO.C15H10O2/c1-22(2,3)25-21(26)20-12-11-18-17-10-9-16-8-6-7-14-23(16,4)19(17)13-15-24(18,20)5;16-15(17)13-6-5-12-7-10-3-1-2-4-11(10)8-14(12)9-13/h6,8-9,17-20H,7,10-15H2,1-5H3,(H,25,26);1-9H,(H,16,17)/t17-,18-,19-,20+,23-,24-;/m0./s1. The van der Waals surface area contributed by atoms with Gasteiger partial charge in [0, 0.05) is 11.5 Å². The van der Waals surface area contributed by atoms with Gasteiger partial charge in [-0.2, -0.15) is 0 Å².